The number of rotatable bonds is 6. The molecule has 0 aliphatic rings. The molecule has 8 heteroatoms. The van der Waals surface area contributed by atoms with E-state index in [1.165, 1.54) is 39.5 Å². The minimum atomic E-state index is -3.91. The first-order valence-corrected chi connectivity index (χ1v) is 10.2. The van der Waals surface area contributed by atoms with E-state index >= 15 is 0 Å². The molecule has 0 unspecified atom stereocenters. The average molecular weight is 413 g/mol. The fourth-order valence-corrected chi connectivity index (χ4v) is 4.26. The molecule has 0 spiro atoms. The van der Waals surface area contributed by atoms with Gasteiger partial charge in [-0.2, -0.15) is 0 Å². The van der Waals surface area contributed by atoms with Crippen LogP contribution in [-0.4, -0.2) is 29.7 Å². The van der Waals surface area contributed by atoms with Crippen LogP contribution in [0, 0.1) is 0 Å². The molecular weight excluding hydrogens is 394 g/mol. The van der Waals surface area contributed by atoms with Crippen molar-refractivity contribution in [3.63, 3.8) is 0 Å². The third-order valence-electron chi connectivity index (χ3n) is 4.61. The van der Waals surface area contributed by atoms with Crippen molar-refractivity contribution in [3.8, 4) is 17.2 Å². The van der Waals surface area contributed by atoms with E-state index in [2.05, 4.69) is 4.72 Å². The molecule has 1 aromatic heterocycles. The zero-order valence-electron chi connectivity index (χ0n) is 16.1. The van der Waals surface area contributed by atoms with Gasteiger partial charge in [-0.15, -0.1) is 0 Å². The van der Waals surface area contributed by atoms with Gasteiger partial charge in [0, 0.05) is 22.9 Å². The van der Waals surface area contributed by atoms with Crippen molar-refractivity contribution in [3.05, 3.63) is 54.6 Å². The van der Waals surface area contributed by atoms with Gasteiger partial charge in [0.15, 0.2) is 11.5 Å². The lowest BCUT2D eigenvalue weighted by atomic mass is 10.1. The molecule has 0 fully saturated rings. The van der Waals surface area contributed by atoms with Gasteiger partial charge in [-0.05, 0) is 24.3 Å². The summed E-state index contributed by atoms with van der Waals surface area (Å²) in [6.07, 6.45) is 0. The van der Waals surface area contributed by atoms with Crippen LogP contribution in [0.15, 0.2) is 63.9 Å². The number of para-hydroxylation sites is 1. The van der Waals surface area contributed by atoms with E-state index in [0.29, 0.717) is 28.4 Å². The molecule has 7 nitrogen and oxygen atoms in total. The predicted molar refractivity (Wildman–Crippen MR) is 111 cm³/mol. The van der Waals surface area contributed by atoms with E-state index in [1.54, 1.807) is 12.1 Å². The van der Waals surface area contributed by atoms with Crippen LogP contribution in [0.5, 0.6) is 17.2 Å². The Bertz CT molecular complexity index is 1310. The first kappa shape index (κ1) is 18.9. The number of methoxy groups -OCH3 is 3. The first-order chi connectivity index (χ1) is 14.0. The highest BCUT2D eigenvalue weighted by Gasteiger charge is 2.20. The van der Waals surface area contributed by atoms with E-state index < -0.39 is 10.0 Å². The van der Waals surface area contributed by atoms with Crippen LogP contribution < -0.4 is 18.9 Å². The monoisotopic (exact) mass is 413 g/mol. The number of anilines is 1. The van der Waals surface area contributed by atoms with Crippen LogP contribution in [0.2, 0.25) is 0 Å². The second-order valence-electron chi connectivity index (χ2n) is 6.27. The highest BCUT2D eigenvalue weighted by atomic mass is 32.2. The molecule has 0 radical (unpaired) electrons. The Hall–Kier alpha value is -3.39. The minimum Gasteiger partial charge on any atom is -0.495 e. The molecule has 0 bridgehead atoms. The molecule has 3 aromatic carbocycles. The molecular formula is C21H19NO6S. The van der Waals surface area contributed by atoms with Crippen molar-refractivity contribution in [2.45, 2.75) is 4.90 Å². The summed E-state index contributed by atoms with van der Waals surface area (Å²) in [4.78, 5) is 0.0295. The fraction of sp³-hybridized carbons (Fsp3) is 0.143. The van der Waals surface area contributed by atoms with Crippen LogP contribution in [-0.2, 0) is 10.0 Å². The Morgan fingerprint density at radius 1 is 0.759 bits per heavy atom. The summed E-state index contributed by atoms with van der Waals surface area (Å²) in [5.41, 5.74) is 1.54. The van der Waals surface area contributed by atoms with Crippen LogP contribution in [0.25, 0.3) is 21.9 Å². The number of furan rings is 1. The Morgan fingerprint density at radius 3 is 2.21 bits per heavy atom. The Balaban J connectivity index is 1.79. The van der Waals surface area contributed by atoms with Gasteiger partial charge in [0.1, 0.15) is 16.9 Å². The van der Waals surface area contributed by atoms with Gasteiger partial charge in [0.05, 0.1) is 31.9 Å². The summed E-state index contributed by atoms with van der Waals surface area (Å²) in [5, 5.41) is 1.77. The summed E-state index contributed by atoms with van der Waals surface area (Å²) < 4.78 is 50.1. The van der Waals surface area contributed by atoms with Crippen LogP contribution in [0.1, 0.15) is 0 Å². The van der Waals surface area contributed by atoms with Crippen LogP contribution in [0.4, 0.5) is 5.69 Å². The number of nitrogens with one attached hydrogen (secondary N) is 1. The van der Waals surface area contributed by atoms with Crippen molar-refractivity contribution in [1.29, 1.82) is 0 Å². The minimum absolute atomic E-state index is 0.0295. The van der Waals surface area contributed by atoms with Crippen LogP contribution >= 0.6 is 0 Å². The predicted octanol–water partition coefficient (Wildman–Crippen LogP) is 4.41. The quantitative estimate of drug-likeness (QED) is 0.504. The van der Waals surface area contributed by atoms with Gasteiger partial charge in [-0.3, -0.25) is 4.72 Å². The van der Waals surface area contributed by atoms with Crippen molar-refractivity contribution < 1.29 is 27.0 Å². The molecule has 0 saturated carbocycles. The SMILES string of the molecule is COc1cc2c(cc1NS(=O)(=O)c1ccc(OC)c(OC)c1)oc1ccccc12. The molecule has 1 N–H and O–H groups in total. The summed E-state index contributed by atoms with van der Waals surface area (Å²) >= 11 is 0. The van der Waals surface area contributed by atoms with Crippen molar-refractivity contribution >= 4 is 37.6 Å². The second-order valence-corrected chi connectivity index (χ2v) is 7.95. The molecule has 4 aromatic rings. The summed E-state index contributed by atoms with van der Waals surface area (Å²) in [5.74, 6) is 1.14. The number of fused-ring (bicyclic) bond motifs is 3. The Kier molecular flexibility index (Phi) is 4.71. The number of hydrogen-bond acceptors (Lipinski definition) is 6. The van der Waals surface area contributed by atoms with E-state index in [1.807, 2.05) is 24.3 Å². The van der Waals surface area contributed by atoms with E-state index in [4.69, 9.17) is 18.6 Å². The zero-order chi connectivity index (χ0) is 20.6. The number of sulfonamides is 1. The largest absolute Gasteiger partial charge is 0.495 e. The van der Waals surface area contributed by atoms with Gasteiger partial charge >= 0.3 is 0 Å². The van der Waals surface area contributed by atoms with Gasteiger partial charge in [-0.1, -0.05) is 18.2 Å². The number of benzene rings is 3. The number of hydrogen-bond donors (Lipinski definition) is 1. The van der Waals surface area contributed by atoms with Crippen LogP contribution in [0.3, 0.4) is 0 Å². The smallest absolute Gasteiger partial charge is 0.262 e. The summed E-state index contributed by atoms with van der Waals surface area (Å²) in [6, 6.07) is 15.3. The molecule has 1 heterocycles. The van der Waals surface area contributed by atoms with E-state index in [0.717, 1.165) is 10.8 Å². The highest BCUT2D eigenvalue weighted by Crippen LogP contribution is 2.37. The third kappa shape index (κ3) is 3.31. The maximum Gasteiger partial charge on any atom is 0.262 e. The maximum atomic E-state index is 13.0. The number of ether oxygens (including phenoxy) is 3. The van der Waals surface area contributed by atoms with Gasteiger partial charge in [0.25, 0.3) is 10.0 Å². The Labute approximate surface area is 167 Å². The van der Waals surface area contributed by atoms with E-state index in [9.17, 15) is 8.42 Å². The third-order valence-corrected chi connectivity index (χ3v) is 5.97. The molecule has 0 amide bonds. The van der Waals surface area contributed by atoms with E-state index in [-0.39, 0.29) is 10.6 Å². The Morgan fingerprint density at radius 2 is 1.48 bits per heavy atom. The normalized spacial score (nSPS) is 11.6. The molecule has 0 saturated heterocycles. The molecule has 150 valence electrons. The van der Waals surface area contributed by atoms with Crippen molar-refractivity contribution in [1.82, 2.24) is 0 Å². The highest BCUT2D eigenvalue weighted by molar-refractivity contribution is 7.92. The lowest BCUT2D eigenvalue weighted by Crippen LogP contribution is -2.14. The lowest BCUT2D eigenvalue weighted by Gasteiger charge is -2.13. The van der Waals surface area contributed by atoms with Crippen molar-refractivity contribution in [2.24, 2.45) is 0 Å². The summed E-state index contributed by atoms with van der Waals surface area (Å²) in [7, 11) is 0.503. The molecule has 0 aliphatic carbocycles. The van der Waals surface area contributed by atoms with Gasteiger partial charge in [0.2, 0.25) is 0 Å². The standard InChI is InChI=1S/C21H19NO6S/c1-25-18-9-8-13(10-21(18)27-3)29(23,24)22-16-12-19-15(11-20(16)26-2)14-6-4-5-7-17(14)28-19/h4-12,22H,1-3H3. The molecule has 29 heavy (non-hydrogen) atoms. The summed E-state index contributed by atoms with van der Waals surface area (Å²) in [6.45, 7) is 0. The second kappa shape index (κ2) is 7.21. The lowest BCUT2D eigenvalue weighted by molar-refractivity contribution is 0.354. The van der Waals surface area contributed by atoms with Crippen molar-refractivity contribution in [2.75, 3.05) is 26.1 Å². The molecule has 0 aliphatic heterocycles. The first-order valence-electron chi connectivity index (χ1n) is 8.71. The molecule has 0 atom stereocenters. The topological polar surface area (TPSA) is 87.0 Å². The van der Waals surface area contributed by atoms with Gasteiger partial charge < -0.3 is 18.6 Å². The average Bonchev–Trinajstić information content (AvgIpc) is 3.09. The molecule has 4 rings (SSSR count). The maximum absolute atomic E-state index is 13.0. The zero-order valence-corrected chi connectivity index (χ0v) is 16.9. The van der Waals surface area contributed by atoms with Gasteiger partial charge in [-0.25, -0.2) is 8.42 Å². The fourth-order valence-electron chi connectivity index (χ4n) is 3.19.